The van der Waals surface area contributed by atoms with E-state index in [2.05, 4.69) is 30.0 Å². The van der Waals surface area contributed by atoms with Crippen LogP contribution in [0, 0.1) is 0 Å². The minimum atomic E-state index is 0.0391. The first-order chi connectivity index (χ1) is 16.1. The Morgan fingerprint density at radius 2 is 1.79 bits per heavy atom. The van der Waals surface area contributed by atoms with E-state index in [1.165, 1.54) is 31.3 Å². The summed E-state index contributed by atoms with van der Waals surface area (Å²) in [5.41, 5.74) is 2.96. The standard InChI is InChI=1S/C28H36N2O3/c1-21(17-22-9-5-4-6-10-22)19-29(20-25-13-8-16-30(25)24-11-7-12-24)28(31)23-14-15-26(32-2)27(18-23)33-3/h4-6,9-10,14-15,17-18,24-25H,7-8,11-13,16,19-20H2,1-3H3/t25-/m0/s1. The highest BCUT2D eigenvalue weighted by Gasteiger charge is 2.35. The fourth-order valence-electron chi connectivity index (χ4n) is 5.06. The van der Waals surface area contributed by atoms with Crippen LogP contribution in [-0.2, 0) is 0 Å². The molecule has 176 valence electrons. The average Bonchev–Trinajstić information content (AvgIpc) is 3.24. The number of benzene rings is 2. The van der Waals surface area contributed by atoms with Gasteiger partial charge in [0.2, 0.25) is 0 Å². The van der Waals surface area contributed by atoms with Gasteiger partial charge in [-0.2, -0.15) is 0 Å². The topological polar surface area (TPSA) is 42.0 Å². The van der Waals surface area contributed by atoms with Gasteiger partial charge in [0.25, 0.3) is 5.91 Å². The van der Waals surface area contributed by atoms with E-state index in [1.54, 1.807) is 20.3 Å². The molecule has 2 aliphatic rings. The highest BCUT2D eigenvalue weighted by molar-refractivity contribution is 5.95. The van der Waals surface area contributed by atoms with Crippen LogP contribution in [0.4, 0.5) is 0 Å². The molecule has 1 heterocycles. The van der Waals surface area contributed by atoms with Crippen LogP contribution in [0.5, 0.6) is 11.5 Å². The van der Waals surface area contributed by atoms with Crippen LogP contribution in [0.25, 0.3) is 6.08 Å². The molecule has 0 bridgehead atoms. The quantitative estimate of drug-likeness (QED) is 0.524. The summed E-state index contributed by atoms with van der Waals surface area (Å²) in [6.07, 6.45) is 8.49. The number of ether oxygens (including phenoxy) is 2. The predicted molar refractivity (Wildman–Crippen MR) is 133 cm³/mol. The number of hydrogen-bond acceptors (Lipinski definition) is 4. The van der Waals surface area contributed by atoms with E-state index < -0.39 is 0 Å². The molecule has 0 aromatic heterocycles. The first-order valence-electron chi connectivity index (χ1n) is 12.1. The number of methoxy groups -OCH3 is 2. The van der Waals surface area contributed by atoms with Gasteiger partial charge in [0.05, 0.1) is 14.2 Å². The van der Waals surface area contributed by atoms with Gasteiger partial charge >= 0.3 is 0 Å². The van der Waals surface area contributed by atoms with E-state index in [0.29, 0.717) is 35.7 Å². The molecule has 33 heavy (non-hydrogen) atoms. The Hall–Kier alpha value is -2.79. The summed E-state index contributed by atoms with van der Waals surface area (Å²) in [4.78, 5) is 18.4. The summed E-state index contributed by atoms with van der Waals surface area (Å²) in [7, 11) is 3.21. The number of nitrogens with zero attached hydrogens (tertiary/aromatic N) is 2. The number of carbonyl (C=O) groups is 1. The molecule has 1 saturated heterocycles. The van der Waals surface area contributed by atoms with Crippen molar-refractivity contribution in [3.05, 3.63) is 65.2 Å². The third-order valence-corrected chi connectivity index (χ3v) is 6.97. The molecule has 1 saturated carbocycles. The fraction of sp³-hybridized carbons (Fsp3) is 0.464. The average molecular weight is 449 g/mol. The molecule has 1 atom stereocenters. The largest absolute Gasteiger partial charge is 0.493 e. The van der Waals surface area contributed by atoms with E-state index >= 15 is 0 Å². The maximum atomic E-state index is 13.7. The van der Waals surface area contributed by atoms with Gasteiger partial charge in [-0.3, -0.25) is 9.69 Å². The SMILES string of the molecule is COc1ccc(C(=O)N(CC(C)=Cc2ccccc2)C[C@@H]2CCCN2C2CCC2)cc1OC. The highest BCUT2D eigenvalue weighted by Crippen LogP contribution is 2.32. The Balaban J connectivity index is 1.57. The molecule has 2 aromatic carbocycles. The van der Waals surface area contributed by atoms with Crippen molar-refractivity contribution in [1.29, 1.82) is 0 Å². The molecule has 2 fully saturated rings. The summed E-state index contributed by atoms with van der Waals surface area (Å²) < 4.78 is 10.8. The third kappa shape index (κ3) is 5.59. The van der Waals surface area contributed by atoms with Gasteiger partial charge in [-0.25, -0.2) is 0 Å². The normalized spacial score (nSPS) is 19.2. The predicted octanol–water partition coefficient (Wildman–Crippen LogP) is 5.27. The lowest BCUT2D eigenvalue weighted by Crippen LogP contribution is -2.49. The van der Waals surface area contributed by atoms with E-state index in [9.17, 15) is 4.79 Å². The molecule has 0 N–H and O–H groups in total. The molecular weight excluding hydrogens is 412 g/mol. The number of carbonyl (C=O) groups excluding carboxylic acids is 1. The number of hydrogen-bond donors (Lipinski definition) is 0. The Morgan fingerprint density at radius 1 is 1.03 bits per heavy atom. The molecule has 0 radical (unpaired) electrons. The van der Waals surface area contributed by atoms with E-state index in [-0.39, 0.29) is 5.91 Å². The molecular formula is C28H36N2O3. The summed E-state index contributed by atoms with van der Waals surface area (Å²) in [5.74, 6) is 1.25. The molecule has 4 rings (SSSR count). The zero-order chi connectivity index (χ0) is 23.2. The maximum Gasteiger partial charge on any atom is 0.254 e. The van der Waals surface area contributed by atoms with Gasteiger partial charge in [0, 0.05) is 30.7 Å². The van der Waals surface area contributed by atoms with Gasteiger partial charge in [-0.05, 0) is 62.9 Å². The smallest absolute Gasteiger partial charge is 0.254 e. The second kappa shape index (κ2) is 10.9. The molecule has 0 unspecified atom stereocenters. The minimum Gasteiger partial charge on any atom is -0.493 e. The van der Waals surface area contributed by atoms with Gasteiger partial charge in [-0.15, -0.1) is 0 Å². The minimum absolute atomic E-state index is 0.0391. The third-order valence-electron chi connectivity index (χ3n) is 6.97. The highest BCUT2D eigenvalue weighted by atomic mass is 16.5. The molecule has 5 nitrogen and oxygen atoms in total. The van der Waals surface area contributed by atoms with Crippen LogP contribution in [0.1, 0.15) is 54.9 Å². The maximum absolute atomic E-state index is 13.7. The lowest BCUT2D eigenvalue weighted by Gasteiger charge is -2.40. The Labute approximate surface area is 198 Å². The van der Waals surface area contributed by atoms with E-state index in [0.717, 1.165) is 25.1 Å². The Morgan fingerprint density at radius 3 is 2.45 bits per heavy atom. The molecule has 5 heteroatoms. The summed E-state index contributed by atoms with van der Waals surface area (Å²) in [5, 5.41) is 0. The van der Waals surface area contributed by atoms with Gasteiger partial charge in [0.1, 0.15) is 0 Å². The van der Waals surface area contributed by atoms with Crippen LogP contribution in [0.2, 0.25) is 0 Å². The fourth-order valence-corrected chi connectivity index (χ4v) is 5.06. The van der Waals surface area contributed by atoms with Crippen molar-refractivity contribution in [2.45, 2.75) is 51.1 Å². The molecule has 0 spiro atoms. The molecule has 2 aromatic rings. The summed E-state index contributed by atoms with van der Waals surface area (Å²) in [6, 6.07) is 16.9. The monoisotopic (exact) mass is 448 g/mol. The summed E-state index contributed by atoms with van der Waals surface area (Å²) >= 11 is 0. The molecule has 1 amide bonds. The Kier molecular flexibility index (Phi) is 7.71. The number of likely N-dealkylation sites (tertiary alicyclic amines) is 1. The first kappa shape index (κ1) is 23.4. The number of amides is 1. The van der Waals surface area contributed by atoms with E-state index in [1.807, 2.05) is 35.2 Å². The number of rotatable bonds is 9. The molecule has 1 aliphatic carbocycles. The zero-order valence-corrected chi connectivity index (χ0v) is 20.1. The van der Waals surface area contributed by atoms with Crippen molar-refractivity contribution in [3.8, 4) is 11.5 Å². The zero-order valence-electron chi connectivity index (χ0n) is 20.1. The lowest BCUT2D eigenvalue weighted by atomic mass is 9.91. The Bertz CT molecular complexity index is 968. The van der Waals surface area contributed by atoms with Crippen molar-refractivity contribution >= 4 is 12.0 Å². The van der Waals surface area contributed by atoms with Crippen LogP contribution >= 0.6 is 0 Å². The van der Waals surface area contributed by atoms with Crippen molar-refractivity contribution in [2.75, 3.05) is 33.9 Å². The second-order valence-electron chi connectivity index (χ2n) is 9.28. The van der Waals surface area contributed by atoms with Gasteiger partial charge in [0.15, 0.2) is 11.5 Å². The van der Waals surface area contributed by atoms with Crippen molar-refractivity contribution in [2.24, 2.45) is 0 Å². The van der Waals surface area contributed by atoms with Crippen molar-refractivity contribution in [1.82, 2.24) is 9.80 Å². The first-order valence-corrected chi connectivity index (χ1v) is 12.1. The van der Waals surface area contributed by atoms with E-state index in [4.69, 9.17) is 9.47 Å². The second-order valence-corrected chi connectivity index (χ2v) is 9.28. The van der Waals surface area contributed by atoms with Crippen LogP contribution in [-0.4, -0.2) is 61.6 Å². The molecule has 1 aliphatic heterocycles. The van der Waals surface area contributed by atoms with Crippen molar-refractivity contribution in [3.63, 3.8) is 0 Å². The van der Waals surface area contributed by atoms with Crippen molar-refractivity contribution < 1.29 is 14.3 Å². The van der Waals surface area contributed by atoms with Crippen LogP contribution in [0.3, 0.4) is 0 Å². The van der Waals surface area contributed by atoms with Crippen LogP contribution in [0.15, 0.2) is 54.1 Å². The van der Waals surface area contributed by atoms with Gasteiger partial charge < -0.3 is 14.4 Å². The van der Waals surface area contributed by atoms with Crippen LogP contribution < -0.4 is 9.47 Å². The lowest BCUT2D eigenvalue weighted by molar-refractivity contribution is 0.0630. The summed E-state index contributed by atoms with van der Waals surface area (Å²) in [6.45, 7) is 4.63. The van der Waals surface area contributed by atoms with Gasteiger partial charge in [-0.1, -0.05) is 48.4 Å².